The van der Waals surface area contributed by atoms with Crippen LogP contribution < -0.4 is 5.14 Å². The first kappa shape index (κ1) is 10.6. The van der Waals surface area contributed by atoms with Crippen molar-refractivity contribution in [3.05, 3.63) is 29.6 Å². The second kappa shape index (κ2) is 3.74. The van der Waals surface area contributed by atoms with Crippen LogP contribution in [0.5, 0.6) is 0 Å². The molecule has 14 heavy (non-hydrogen) atoms. The Morgan fingerprint density at radius 3 is 2.64 bits per heavy atom. The molecule has 0 amide bonds. The predicted octanol–water partition coefficient (Wildman–Crippen LogP) is 0.539. The zero-order valence-corrected chi connectivity index (χ0v) is 7.88. The number of hydrogen-bond acceptors (Lipinski definition) is 3. The van der Waals surface area contributed by atoms with E-state index in [0.29, 0.717) is 0 Å². The average Bonchev–Trinajstić information content (AvgIpc) is 2.07. The molecule has 0 saturated carbocycles. The molecule has 1 aromatic carbocycles. The van der Waals surface area contributed by atoms with Crippen LogP contribution in [-0.4, -0.2) is 8.42 Å². The first-order valence-corrected chi connectivity index (χ1v) is 5.18. The van der Waals surface area contributed by atoms with E-state index in [1.165, 1.54) is 6.07 Å². The summed E-state index contributed by atoms with van der Waals surface area (Å²) >= 11 is 0. The van der Waals surface area contributed by atoms with Crippen molar-refractivity contribution >= 4 is 10.0 Å². The standard InChI is InChI=1S/C8H7FN2O2S/c9-7-2-1-6(3-4-10)8(5-7)14(11,12)13/h1-2,5H,3H2,(H2,11,12,13). The Morgan fingerprint density at radius 2 is 2.14 bits per heavy atom. The van der Waals surface area contributed by atoms with Gasteiger partial charge >= 0.3 is 0 Å². The summed E-state index contributed by atoms with van der Waals surface area (Å²) in [6.07, 6.45) is -0.119. The molecular formula is C8H7FN2O2S. The molecule has 74 valence electrons. The third kappa shape index (κ3) is 2.28. The highest BCUT2D eigenvalue weighted by molar-refractivity contribution is 7.89. The SMILES string of the molecule is N#CCc1ccc(F)cc1S(N)(=O)=O. The summed E-state index contributed by atoms with van der Waals surface area (Å²) in [6.45, 7) is 0. The van der Waals surface area contributed by atoms with E-state index >= 15 is 0 Å². The van der Waals surface area contributed by atoms with Crippen LogP contribution in [0.2, 0.25) is 0 Å². The molecule has 0 unspecified atom stereocenters. The van der Waals surface area contributed by atoms with Gasteiger partial charge < -0.3 is 0 Å². The van der Waals surface area contributed by atoms with Crippen molar-refractivity contribution in [3.63, 3.8) is 0 Å². The highest BCUT2D eigenvalue weighted by Gasteiger charge is 2.14. The van der Waals surface area contributed by atoms with Crippen molar-refractivity contribution in [2.45, 2.75) is 11.3 Å². The van der Waals surface area contributed by atoms with Crippen molar-refractivity contribution in [3.8, 4) is 6.07 Å². The van der Waals surface area contributed by atoms with Gasteiger partial charge in [0.2, 0.25) is 10.0 Å². The maximum Gasteiger partial charge on any atom is 0.238 e. The number of halogens is 1. The van der Waals surface area contributed by atoms with E-state index in [9.17, 15) is 12.8 Å². The summed E-state index contributed by atoms with van der Waals surface area (Å²) in [5, 5.41) is 13.3. The fourth-order valence-electron chi connectivity index (χ4n) is 1.02. The predicted molar refractivity (Wildman–Crippen MR) is 47.1 cm³/mol. The van der Waals surface area contributed by atoms with E-state index in [0.717, 1.165) is 12.1 Å². The first-order chi connectivity index (χ1) is 6.45. The summed E-state index contributed by atoms with van der Waals surface area (Å²) in [6, 6.07) is 4.90. The van der Waals surface area contributed by atoms with Gasteiger partial charge in [0.25, 0.3) is 0 Å². The molecule has 0 aromatic heterocycles. The molecule has 0 aliphatic carbocycles. The number of benzene rings is 1. The van der Waals surface area contributed by atoms with Gasteiger partial charge in [-0.1, -0.05) is 6.07 Å². The minimum atomic E-state index is -3.97. The lowest BCUT2D eigenvalue weighted by Crippen LogP contribution is -2.14. The van der Waals surface area contributed by atoms with Crippen LogP contribution in [-0.2, 0) is 16.4 Å². The van der Waals surface area contributed by atoms with E-state index in [-0.39, 0.29) is 16.9 Å². The Kier molecular flexibility index (Phi) is 2.84. The van der Waals surface area contributed by atoms with Crippen molar-refractivity contribution < 1.29 is 12.8 Å². The van der Waals surface area contributed by atoms with E-state index < -0.39 is 15.8 Å². The van der Waals surface area contributed by atoms with Crippen molar-refractivity contribution in [1.29, 1.82) is 5.26 Å². The molecule has 0 spiro atoms. The number of nitriles is 1. The van der Waals surface area contributed by atoms with Crippen molar-refractivity contribution in [2.75, 3.05) is 0 Å². The molecule has 2 N–H and O–H groups in total. The van der Waals surface area contributed by atoms with Gasteiger partial charge in [-0.3, -0.25) is 0 Å². The van der Waals surface area contributed by atoms with Crippen LogP contribution in [0.4, 0.5) is 4.39 Å². The number of hydrogen-bond donors (Lipinski definition) is 1. The molecule has 0 radical (unpaired) electrons. The van der Waals surface area contributed by atoms with E-state index in [1.807, 2.05) is 0 Å². The average molecular weight is 214 g/mol. The molecule has 6 heteroatoms. The molecule has 1 rings (SSSR count). The van der Waals surface area contributed by atoms with Crippen molar-refractivity contribution in [1.82, 2.24) is 0 Å². The Balaban J connectivity index is 3.39. The van der Waals surface area contributed by atoms with Crippen LogP contribution in [0.25, 0.3) is 0 Å². The molecule has 0 fully saturated rings. The van der Waals surface area contributed by atoms with Gasteiger partial charge in [-0.25, -0.2) is 17.9 Å². The van der Waals surface area contributed by atoms with Gasteiger partial charge in [0, 0.05) is 0 Å². The molecule has 0 atom stereocenters. The van der Waals surface area contributed by atoms with Crippen LogP contribution >= 0.6 is 0 Å². The molecular weight excluding hydrogens is 207 g/mol. The quantitative estimate of drug-likeness (QED) is 0.779. The summed E-state index contributed by atoms with van der Waals surface area (Å²) in [5.74, 6) is -0.698. The highest BCUT2D eigenvalue weighted by Crippen LogP contribution is 2.16. The maximum atomic E-state index is 12.7. The summed E-state index contributed by atoms with van der Waals surface area (Å²) in [5.41, 5.74) is 0.205. The smallest absolute Gasteiger partial charge is 0.225 e. The summed E-state index contributed by atoms with van der Waals surface area (Å²) in [4.78, 5) is -0.334. The lowest BCUT2D eigenvalue weighted by Gasteiger charge is -2.03. The molecule has 1 aromatic rings. The highest BCUT2D eigenvalue weighted by atomic mass is 32.2. The van der Waals surface area contributed by atoms with Gasteiger partial charge in [0.1, 0.15) is 5.82 Å². The second-order valence-electron chi connectivity index (χ2n) is 2.63. The topological polar surface area (TPSA) is 83.9 Å². The van der Waals surface area contributed by atoms with Crippen LogP contribution in [0, 0.1) is 17.1 Å². The minimum Gasteiger partial charge on any atom is -0.225 e. The number of nitrogens with zero attached hydrogens (tertiary/aromatic N) is 1. The van der Waals surface area contributed by atoms with Crippen molar-refractivity contribution in [2.24, 2.45) is 5.14 Å². The monoisotopic (exact) mass is 214 g/mol. The first-order valence-electron chi connectivity index (χ1n) is 3.63. The Bertz CT molecular complexity index is 491. The maximum absolute atomic E-state index is 12.7. The van der Waals surface area contributed by atoms with Gasteiger partial charge in [-0.15, -0.1) is 0 Å². The van der Waals surface area contributed by atoms with Gasteiger partial charge in [0.05, 0.1) is 17.4 Å². The van der Waals surface area contributed by atoms with E-state index in [4.69, 9.17) is 10.4 Å². The fourth-order valence-corrected chi connectivity index (χ4v) is 1.81. The van der Waals surface area contributed by atoms with Gasteiger partial charge in [-0.2, -0.15) is 5.26 Å². The molecule has 0 bridgehead atoms. The largest absolute Gasteiger partial charge is 0.238 e. The zero-order valence-electron chi connectivity index (χ0n) is 7.07. The number of rotatable bonds is 2. The third-order valence-corrected chi connectivity index (χ3v) is 2.60. The van der Waals surface area contributed by atoms with E-state index in [1.54, 1.807) is 6.07 Å². The normalized spacial score (nSPS) is 10.9. The Hall–Kier alpha value is -1.45. The molecule has 0 heterocycles. The van der Waals surface area contributed by atoms with Crippen LogP contribution in [0.15, 0.2) is 23.1 Å². The van der Waals surface area contributed by atoms with Gasteiger partial charge in [-0.05, 0) is 17.7 Å². The zero-order chi connectivity index (χ0) is 10.8. The minimum absolute atomic E-state index is 0.119. The molecule has 0 saturated heterocycles. The third-order valence-electron chi connectivity index (χ3n) is 1.61. The summed E-state index contributed by atoms with van der Waals surface area (Å²) in [7, 11) is -3.97. The van der Waals surface area contributed by atoms with Crippen LogP contribution in [0.3, 0.4) is 0 Å². The molecule has 0 aliphatic rings. The number of sulfonamides is 1. The van der Waals surface area contributed by atoms with Gasteiger partial charge in [0.15, 0.2) is 0 Å². The fraction of sp³-hybridized carbons (Fsp3) is 0.125. The second-order valence-corrected chi connectivity index (χ2v) is 4.16. The van der Waals surface area contributed by atoms with Crippen LogP contribution in [0.1, 0.15) is 5.56 Å². The molecule has 4 nitrogen and oxygen atoms in total. The summed E-state index contributed by atoms with van der Waals surface area (Å²) < 4.78 is 34.7. The lowest BCUT2D eigenvalue weighted by atomic mass is 10.2. The number of primary sulfonamides is 1. The van der Waals surface area contributed by atoms with E-state index in [2.05, 4.69) is 0 Å². The molecule has 0 aliphatic heterocycles. The number of nitrogens with two attached hydrogens (primary N) is 1. The Morgan fingerprint density at radius 1 is 1.50 bits per heavy atom. The lowest BCUT2D eigenvalue weighted by molar-refractivity contribution is 0.591. The Labute approximate surface area is 80.8 Å².